The van der Waals surface area contributed by atoms with Crippen LogP contribution >= 0.6 is 0 Å². The summed E-state index contributed by atoms with van der Waals surface area (Å²) < 4.78 is 0. The van der Waals surface area contributed by atoms with E-state index in [0.717, 1.165) is 37.2 Å². The minimum atomic E-state index is 0.450. The van der Waals surface area contributed by atoms with Crippen LogP contribution in [0.25, 0.3) is 17.3 Å². The number of fused-ring (bicyclic) bond motifs is 2. The third-order valence-electron chi connectivity index (χ3n) is 5.96. The van der Waals surface area contributed by atoms with Crippen LogP contribution in [0.5, 0.6) is 0 Å². The number of nitrogens with zero attached hydrogens (tertiary/aromatic N) is 3. The molecule has 0 radical (unpaired) electrons. The van der Waals surface area contributed by atoms with Crippen molar-refractivity contribution in [1.29, 1.82) is 0 Å². The summed E-state index contributed by atoms with van der Waals surface area (Å²) in [4.78, 5) is 2.42. The average molecular weight is 368 g/mol. The highest BCUT2D eigenvalue weighted by Gasteiger charge is 2.28. The van der Waals surface area contributed by atoms with Crippen molar-refractivity contribution in [2.75, 3.05) is 19.3 Å². The molecule has 2 aromatic carbocycles. The van der Waals surface area contributed by atoms with Gasteiger partial charge in [-0.15, -0.1) is 10.2 Å². The number of likely N-dealkylation sites (N-methyl/N-ethyl adjacent to an activating group) is 1. The second-order valence-corrected chi connectivity index (χ2v) is 7.92. The molecule has 0 bridgehead atoms. The van der Waals surface area contributed by atoms with E-state index < -0.39 is 0 Å². The number of aryl methyl sites for hydroxylation is 1. The van der Waals surface area contributed by atoms with E-state index >= 15 is 0 Å². The topological polar surface area (TPSA) is 55.0 Å². The van der Waals surface area contributed by atoms with Crippen LogP contribution in [-0.2, 0) is 13.0 Å². The minimum absolute atomic E-state index is 0.450. The Morgan fingerprint density at radius 1 is 0.964 bits per heavy atom. The molecular formula is C24H24N4. The highest BCUT2D eigenvalue weighted by Crippen LogP contribution is 2.39. The van der Waals surface area contributed by atoms with E-state index in [1.807, 2.05) is 6.07 Å². The molecule has 1 aromatic heterocycles. The maximum atomic E-state index is 5.68. The Labute approximate surface area is 165 Å². The summed E-state index contributed by atoms with van der Waals surface area (Å²) in [6.45, 7) is 2.04. The van der Waals surface area contributed by atoms with Gasteiger partial charge < -0.3 is 10.6 Å². The third kappa shape index (κ3) is 3.10. The number of anilines is 1. The first-order valence-corrected chi connectivity index (χ1v) is 9.87. The lowest BCUT2D eigenvalue weighted by Gasteiger charge is -2.35. The van der Waals surface area contributed by atoms with Crippen molar-refractivity contribution < 1.29 is 0 Å². The summed E-state index contributed by atoms with van der Waals surface area (Å²) >= 11 is 0. The Balaban J connectivity index is 1.53. The minimum Gasteiger partial charge on any atom is -0.382 e. The van der Waals surface area contributed by atoms with Gasteiger partial charge in [0.05, 0.1) is 5.69 Å². The zero-order valence-corrected chi connectivity index (χ0v) is 16.1. The highest BCUT2D eigenvalue weighted by molar-refractivity contribution is 5.65. The van der Waals surface area contributed by atoms with Gasteiger partial charge in [-0.05, 0) is 60.3 Å². The van der Waals surface area contributed by atoms with Crippen molar-refractivity contribution in [2.24, 2.45) is 0 Å². The van der Waals surface area contributed by atoms with Gasteiger partial charge in [-0.1, -0.05) is 48.0 Å². The number of hydrogen-bond acceptors (Lipinski definition) is 4. The number of rotatable bonds is 2. The quantitative estimate of drug-likeness (QED) is 0.733. The average Bonchev–Trinajstić information content (AvgIpc) is 2.73. The monoisotopic (exact) mass is 368 g/mol. The Morgan fingerprint density at radius 3 is 2.71 bits per heavy atom. The highest BCUT2D eigenvalue weighted by atomic mass is 15.1. The molecular weight excluding hydrogens is 344 g/mol. The van der Waals surface area contributed by atoms with Gasteiger partial charge in [-0.25, -0.2) is 0 Å². The summed E-state index contributed by atoms with van der Waals surface area (Å²) in [5.41, 5.74) is 14.9. The summed E-state index contributed by atoms with van der Waals surface area (Å²) in [5.74, 6) is 0.902. The molecule has 1 atom stereocenters. The van der Waals surface area contributed by atoms with E-state index in [4.69, 9.17) is 5.73 Å². The SMILES string of the molecule is CN1Cc2cc(-c3ccc(N)nn3)ccc2C(C2=Cc3ccccc3CC2)C1. The molecule has 0 saturated heterocycles. The lowest BCUT2D eigenvalue weighted by Crippen LogP contribution is -2.31. The lowest BCUT2D eigenvalue weighted by molar-refractivity contribution is 0.292. The molecule has 0 amide bonds. The molecule has 2 heterocycles. The number of nitrogen functional groups attached to an aromatic ring is 1. The maximum Gasteiger partial charge on any atom is 0.146 e. The van der Waals surface area contributed by atoms with E-state index in [-0.39, 0.29) is 0 Å². The zero-order chi connectivity index (χ0) is 19.1. The van der Waals surface area contributed by atoms with E-state index in [1.54, 1.807) is 11.6 Å². The Kier molecular flexibility index (Phi) is 4.21. The van der Waals surface area contributed by atoms with Gasteiger partial charge >= 0.3 is 0 Å². The molecule has 28 heavy (non-hydrogen) atoms. The Bertz CT molecular complexity index is 1050. The van der Waals surface area contributed by atoms with Crippen LogP contribution in [0.15, 0.2) is 60.2 Å². The van der Waals surface area contributed by atoms with Gasteiger partial charge in [-0.3, -0.25) is 0 Å². The van der Waals surface area contributed by atoms with Crippen molar-refractivity contribution in [3.8, 4) is 11.3 Å². The number of aromatic nitrogens is 2. The summed E-state index contributed by atoms with van der Waals surface area (Å²) in [5, 5.41) is 8.25. The van der Waals surface area contributed by atoms with E-state index in [9.17, 15) is 0 Å². The summed E-state index contributed by atoms with van der Waals surface area (Å²) in [7, 11) is 2.21. The molecule has 4 nitrogen and oxygen atoms in total. The zero-order valence-electron chi connectivity index (χ0n) is 16.1. The molecule has 2 aliphatic rings. The molecule has 4 heteroatoms. The standard InChI is InChI=1S/C24H24N4/c1-28-14-20-13-19(23-10-11-24(25)27-26-23)8-9-21(20)22(15-28)18-7-6-16-4-2-3-5-17(16)12-18/h2-5,8-13,22H,6-7,14-15H2,1H3,(H2,25,27). The fourth-order valence-electron chi connectivity index (χ4n) is 4.55. The van der Waals surface area contributed by atoms with Crippen molar-refractivity contribution in [1.82, 2.24) is 15.1 Å². The first-order valence-electron chi connectivity index (χ1n) is 9.87. The lowest BCUT2D eigenvalue weighted by atomic mass is 9.78. The van der Waals surface area contributed by atoms with Crippen molar-refractivity contribution in [3.63, 3.8) is 0 Å². The molecule has 0 spiro atoms. The molecule has 0 saturated carbocycles. The number of benzene rings is 2. The molecule has 1 aliphatic heterocycles. The van der Waals surface area contributed by atoms with Crippen LogP contribution in [0.4, 0.5) is 5.82 Å². The third-order valence-corrected chi connectivity index (χ3v) is 5.96. The van der Waals surface area contributed by atoms with Crippen LogP contribution in [0, 0.1) is 0 Å². The largest absolute Gasteiger partial charge is 0.382 e. The summed E-state index contributed by atoms with van der Waals surface area (Å²) in [6.07, 6.45) is 4.70. The first kappa shape index (κ1) is 17.1. The predicted octanol–water partition coefficient (Wildman–Crippen LogP) is 4.28. The summed E-state index contributed by atoms with van der Waals surface area (Å²) in [6, 6.07) is 19.3. The Hall–Kier alpha value is -2.98. The first-order chi connectivity index (χ1) is 13.7. The van der Waals surface area contributed by atoms with Gasteiger partial charge in [0.25, 0.3) is 0 Å². The normalized spacial score (nSPS) is 18.9. The van der Waals surface area contributed by atoms with Gasteiger partial charge in [-0.2, -0.15) is 0 Å². The van der Waals surface area contributed by atoms with Crippen molar-refractivity contribution in [3.05, 3.63) is 82.4 Å². The van der Waals surface area contributed by atoms with E-state index in [1.165, 1.54) is 22.3 Å². The Morgan fingerprint density at radius 2 is 1.86 bits per heavy atom. The molecule has 3 aromatic rings. The van der Waals surface area contributed by atoms with Gasteiger partial charge in [0.2, 0.25) is 0 Å². The van der Waals surface area contributed by atoms with Crippen LogP contribution in [0.1, 0.15) is 34.6 Å². The molecule has 2 N–H and O–H groups in total. The second-order valence-electron chi connectivity index (χ2n) is 7.92. The van der Waals surface area contributed by atoms with Crippen molar-refractivity contribution in [2.45, 2.75) is 25.3 Å². The van der Waals surface area contributed by atoms with Crippen LogP contribution in [-0.4, -0.2) is 28.7 Å². The van der Waals surface area contributed by atoms with Crippen LogP contribution in [0.2, 0.25) is 0 Å². The number of nitrogens with two attached hydrogens (primary N) is 1. The molecule has 1 aliphatic carbocycles. The number of hydrogen-bond donors (Lipinski definition) is 1. The fourth-order valence-corrected chi connectivity index (χ4v) is 4.55. The van der Waals surface area contributed by atoms with Gasteiger partial charge in [0.1, 0.15) is 5.82 Å². The van der Waals surface area contributed by atoms with Gasteiger partial charge in [0, 0.05) is 24.6 Å². The van der Waals surface area contributed by atoms with Crippen LogP contribution < -0.4 is 5.73 Å². The van der Waals surface area contributed by atoms with Gasteiger partial charge in [0.15, 0.2) is 0 Å². The molecule has 0 fully saturated rings. The fraction of sp³-hybridized carbons (Fsp3) is 0.250. The van der Waals surface area contributed by atoms with E-state index in [2.05, 4.69) is 70.7 Å². The molecule has 1 unspecified atom stereocenters. The molecule has 5 rings (SSSR count). The van der Waals surface area contributed by atoms with Crippen molar-refractivity contribution >= 4 is 11.9 Å². The predicted molar refractivity (Wildman–Crippen MR) is 114 cm³/mol. The van der Waals surface area contributed by atoms with Crippen LogP contribution in [0.3, 0.4) is 0 Å². The maximum absolute atomic E-state index is 5.68. The molecule has 140 valence electrons. The van der Waals surface area contributed by atoms with E-state index in [0.29, 0.717) is 11.7 Å². The second kappa shape index (κ2) is 6.88. The smallest absolute Gasteiger partial charge is 0.146 e.